The molecule has 2 heterocycles. The molecule has 1 aromatic rings. The van der Waals surface area contributed by atoms with Gasteiger partial charge < -0.3 is 16.0 Å². The Morgan fingerprint density at radius 1 is 1.15 bits per heavy atom. The van der Waals surface area contributed by atoms with Crippen LogP contribution in [0.4, 0.5) is 0 Å². The predicted octanol–water partition coefficient (Wildman–Crippen LogP) is 0.966. The van der Waals surface area contributed by atoms with E-state index in [1.165, 1.54) is 19.3 Å². The maximum atomic E-state index is 12.9. The summed E-state index contributed by atoms with van der Waals surface area (Å²) in [6.07, 6.45) is 3.79. The van der Waals surface area contributed by atoms with Crippen LogP contribution in [0.2, 0.25) is 0 Å². The van der Waals surface area contributed by atoms with Gasteiger partial charge in [0, 0.05) is 26.1 Å². The number of benzene rings is 1. The fraction of sp³-hybridized carbons (Fsp3) is 0.600. The summed E-state index contributed by atoms with van der Waals surface area (Å²) in [5.74, 6) is -0.285. The van der Waals surface area contributed by atoms with Crippen molar-refractivity contribution in [2.45, 2.75) is 32.2 Å². The molecule has 0 aliphatic carbocycles. The van der Waals surface area contributed by atoms with Crippen molar-refractivity contribution >= 4 is 11.8 Å². The van der Waals surface area contributed by atoms with Crippen molar-refractivity contribution < 1.29 is 9.59 Å². The maximum Gasteiger partial charge on any atom is 0.237 e. The van der Waals surface area contributed by atoms with Crippen molar-refractivity contribution in [3.63, 3.8) is 0 Å². The second-order valence-corrected chi connectivity index (χ2v) is 7.73. The summed E-state index contributed by atoms with van der Waals surface area (Å²) < 4.78 is 0. The standard InChI is InChI=1S/C20H30N4O2/c21-18(25)6-12-24(14-17-4-2-1-3-5-17)19(26)15-23-13-9-20(16-23)7-10-22-11-8-20/h1-5,22H,6-16H2,(H2,21,25). The molecule has 6 nitrogen and oxygen atoms in total. The van der Waals surface area contributed by atoms with Crippen molar-refractivity contribution in [2.75, 3.05) is 39.3 Å². The lowest BCUT2D eigenvalue weighted by atomic mass is 9.78. The second kappa shape index (κ2) is 8.64. The molecule has 0 radical (unpaired) electrons. The van der Waals surface area contributed by atoms with E-state index in [2.05, 4.69) is 10.2 Å². The summed E-state index contributed by atoms with van der Waals surface area (Å²) in [5, 5.41) is 3.43. The van der Waals surface area contributed by atoms with Crippen LogP contribution in [-0.2, 0) is 16.1 Å². The molecule has 0 aromatic heterocycles. The highest BCUT2D eigenvalue weighted by molar-refractivity contribution is 5.79. The van der Waals surface area contributed by atoms with Gasteiger partial charge in [-0.25, -0.2) is 0 Å². The number of primary amides is 1. The SMILES string of the molecule is NC(=O)CCN(Cc1ccccc1)C(=O)CN1CCC2(CCNCC2)C1. The van der Waals surface area contributed by atoms with Gasteiger partial charge in [-0.2, -0.15) is 0 Å². The first-order valence-electron chi connectivity index (χ1n) is 9.59. The van der Waals surface area contributed by atoms with Gasteiger partial charge in [0.15, 0.2) is 0 Å². The first kappa shape index (κ1) is 18.9. The van der Waals surface area contributed by atoms with E-state index in [0.717, 1.165) is 31.7 Å². The Balaban J connectivity index is 1.58. The normalized spacial score (nSPS) is 19.5. The fourth-order valence-corrected chi connectivity index (χ4v) is 4.16. The third-order valence-electron chi connectivity index (χ3n) is 5.74. The predicted molar refractivity (Wildman–Crippen MR) is 101 cm³/mol. The minimum absolute atomic E-state index is 0.0843. The molecule has 3 N–H and O–H groups in total. The average Bonchev–Trinajstić information content (AvgIpc) is 3.01. The van der Waals surface area contributed by atoms with Gasteiger partial charge in [0.05, 0.1) is 6.54 Å². The summed E-state index contributed by atoms with van der Waals surface area (Å²) >= 11 is 0. The zero-order chi connectivity index (χ0) is 18.4. The van der Waals surface area contributed by atoms with Gasteiger partial charge in [-0.1, -0.05) is 30.3 Å². The van der Waals surface area contributed by atoms with Gasteiger partial charge in [0.25, 0.3) is 0 Å². The van der Waals surface area contributed by atoms with E-state index >= 15 is 0 Å². The number of nitrogens with two attached hydrogens (primary N) is 1. The molecule has 1 spiro atoms. The van der Waals surface area contributed by atoms with Crippen LogP contribution in [0.1, 0.15) is 31.2 Å². The molecule has 2 saturated heterocycles. The number of carbonyl (C=O) groups excluding carboxylic acids is 2. The molecule has 2 fully saturated rings. The van der Waals surface area contributed by atoms with Gasteiger partial charge in [0.1, 0.15) is 0 Å². The Morgan fingerprint density at radius 2 is 1.88 bits per heavy atom. The number of likely N-dealkylation sites (tertiary alicyclic amines) is 1. The van der Waals surface area contributed by atoms with Gasteiger partial charge in [-0.15, -0.1) is 0 Å². The van der Waals surface area contributed by atoms with E-state index in [9.17, 15) is 9.59 Å². The van der Waals surface area contributed by atoms with Crippen LogP contribution in [0.5, 0.6) is 0 Å². The second-order valence-electron chi connectivity index (χ2n) is 7.73. The number of amides is 2. The van der Waals surface area contributed by atoms with Crippen LogP contribution in [-0.4, -0.2) is 60.9 Å². The zero-order valence-corrected chi connectivity index (χ0v) is 15.5. The molecule has 0 atom stereocenters. The molecule has 2 aliphatic rings. The molecule has 26 heavy (non-hydrogen) atoms. The molecule has 0 unspecified atom stereocenters. The Kier molecular flexibility index (Phi) is 6.27. The Bertz CT molecular complexity index is 613. The van der Waals surface area contributed by atoms with E-state index < -0.39 is 0 Å². The zero-order valence-electron chi connectivity index (χ0n) is 15.5. The topological polar surface area (TPSA) is 78.7 Å². The van der Waals surface area contributed by atoms with Crippen LogP contribution in [0.3, 0.4) is 0 Å². The molecular formula is C20H30N4O2. The van der Waals surface area contributed by atoms with Gasteiger partial charge in [-0.05, 0) is 49.9 Å². The highest BCUT2D eigenvalue weighted by Crippen LogP contribution is 2.38. The molecule has 2 amide bonds. The van der Waals surface area contributed by atoms with Gasteiger partial charge in [0.2, 0.25) is 11.8 Å². The van der Waals surface area contributed by atoms with Crippen molar-refractivity contribution in [3.05, 3.63) is 35.9 Å². The number of nitrogens with zero attached hydrogens (tertiary/aromatic N) is 2. The smallest absolute Gasteiger partial charge is 0.237 e. The third-order valence-corrected chi connectivity index (χ3v) is 5.74. The van der Waals surface area contributed by atoms with Crippen LogP contribution in [0.25, 0.3) is 0 Å². The molecule has 0 saturated carbocycles. The van der Waals surface area contributed by atoms with Crippen LogP contribution >= 0.6 is 0 Å². The molecular weight excluding hydrogens is 328 g/mol. The number of nitrogens with one attached hydrogen (secondary N) is 1. The highest BCUT2D eigenvalue weighted by Gasteiger charge is 2.39. The third kappa shape index (κ3) is 5.05. The van der Waals surface area contributed by atoms with Crippen molar-refractivity contribution in [2.24, 2.45) is 11.1 Å². The molecule has 0 bridgehead atoms. The minimum atomic E-state index is -0.370. The molecule has 6 heteroatoms. The Labute approximate surface area is 155 Å². The lowest BCUT2D eigenvalue weighted by Crippen LogP contribution is -2.42. The first-order chi connectivity index (χ1) is 12.6. The number of hydrogen-bond donors (Lipinski definition) is 2. The monoisotopic (exact) mass is 358 g/mol. The van der Waals surface area contributed by atoms with Crippen molar-refractivity contribution in [1.29, 1.82) is 0 Å². The summed E-state index contributed by atoms with van der Waals surface area (Å²) in [7, 11) is 0. The minimum Gasteiger partial charge on any atom is -0.370 e. The number of rotatable bonds is 7. The average molecular weight is 358 g/mol. The highest BCUT2D eigenvalue weighted by atomic mass is 16.2. The summed E-state index contributed by atoms with van der Waals surface area (Å²) in [4.78, 5) is 28.2. The fourth-order valence-electron chi connectivity index (χ4n) is 4.16. The van der Waals surface area contributed by atoms with Gasteiger partial charge >= 0.3 is 0 Å². The molecule has 1 aromatic carbocycles. The van der Waals surface area contributed by atoms with E-state index in [4.69, 9.17) is 5.73 Å². The summed E-state index contributed by atoms with van der Waals surface area (Å²) in [6.45, 7) is 5.50. The first-order valence-corrected chi connectivity index (χ1v) is 9.59. The van der Waals surface area contributed by atoms with Crippen LogP contribution in [0, 0.1) is 5.41 Å². The maximum absolute atomic E-state index is 12.9. The quantitative estimate of drug-likeness (QED) is 0.761. The molecule has 3 rings (SSSR count). The molecule has 142 valence electrons. The van der Waals surface area contributed by atoms with Crippen LogP contribution in [0.15, 0.2) is 30.3 Å². The number of hydrogen-bond acceptors (Lipinski definition) is 4. The molecule has 2 aliphatic heterocycles. The van der Waals surface area contributed by atoms with Gasteiger partial charge in [-0.3, -0.25) is 14.5 Å². The number of carbonyl (C=O) groups is 2. The summed E-state index contributed by atoms with van der Waals surface area (Å²) in [6, 6.07) is 9.90. The Hall–Kier alpha value is -1.92. The van der Waals surface area contributed by atoms with E-state index in [1.54, 1.807) is 4.90 Å². The Morgan fingerprint density at radius 3 is 2.58 bits per heavy atom. The number of piperidine rings is 1. The van der Waals surface area contributed by atoms with Crippen LogP contribution < -0.4 is 11.1 Å². The van der Waals surface area contributed by atoms with E-state index in [0.29, 0.717) is 25.0 Å². The summed E-state index contributed by atoms with van der Waals surface area (Å²) in [5.41, 5.74) is 6.76. The lowest BCUT2D eigenvalue weighted by molar-refractivity contribution is -0.133. The van der Waals surface area contributed by atoms with Crippen molar-refractivity contribution in [3.8, 4) is 0 Å². The van der Waals surface area contributed by atoms with Crippen molar-refractivity contribution in [1.82, 2.24) is 15.1 Å². The van der Waals surface area contributed by atoms with E-state index in [-0.39, 0.29) is 18.2 Å². The largest absolute Gasteiger partial charge is 0.370 e. The lowest BCUT2D eigenvalue weighted by Gasteiger charge is -2.34. The van der Waals surface area contributed by atoms with E-state index in [1.807, 2.05) is 30.3 Å².